The number of fused-ring (bicyclic) bond motifs is 1. The van der Waals surface area contributed by atoms with Gasteiger partial charge in [0.1, 0.15) is 12.4 Å². The molecule has 12 heteroatoms. The molecule has 1 fully saturated rings. The van der Waals surface area contributed by atoms with Crippen LogP contribution in [0.2, 0.25) is 0 Å². The molecule has 1 saturated heterocycles. The lowest BCUT2D eigenvalue weighted by molar-refractivity contribution is -0.125. The summed E-state index contributed by atoms with van der Waals surface area (Å²) in [5.74, 6) is 0.302. The summed E-state index contributed by atoms with van der Waals surface area (Å²) in [6.07, 6.45) is 1.95. The van der Waals surface area contributed by atoms with Crippen molar-refractivity contribution < 1.29 is 36.9 Å². The SMILES string of the molecule is CC[C@@H](C[C@@H]1C[C@H](c2ccc(COCCOC)cc2)[C@@H](OCc2ccc3c(c2)N(CCCOC)CCO3)CN1S(=O)(=O)c1ccc(C)cc1)C(=O)NC. The van der Waals surface area contributed by atoms with E-state index in [1.807, 2.05) is 38.1 Å². The van der Waals surface area contributed by atoms with Gasteiger partial charge in [0.25, 0.3) is 0 Å². The molecule has 5 rings (SSSR count). The lowest BCUT2D eigenvalue weighted by atomic mass is 9.80. The van der Waals surface area contributed by atoms with Crippen molar-refractivity contribution in [1.82, 2.24) is 9.62 Å². The van der Waals surface area contributed by atoms with Gasteiger partial charge in [-0.25, -0.2) is 8.42 Å². The van der Waals surface area contributed by atoms with Crippen LogP contribution in [0.1, 0.15) is 60.8 Å². The van der Waals surface area contributed by atoms with Gasteiger partial charge in [0.15, 0.2) is 0 Å². The van der Waals surface area contributed by atoms with Gasteiger partial charge in [-0.1, -0.05) is 55.0 Å². The molecule has 2 aliphatic rings. The van der Waals surface area contributed by atoms with E-state index in [1.54, 1.807) is 37.7 Å². The van der Waals surface area contributed by atoms with Gasteiger partial charge in [0.05, 0.1) is 49.7 Å². The molecule has 53 heavy (non-hydrogen) atoms. The number of sulfonamides is 1. The average Bonchev–Trinajstić information content (AvgIpc) is 3.18. The standard InChI is InChI=1S/C41H57N3O8S/c1-6-33(41(45)42-3)25-35-26-37(34-13-10-31(11-14-34)28-50-23-22-49-5)40(27-44(35)53(46,47)36-15-8-30(2)9-16-36)52-29-32-12-17-39-38(24-32)43(19-21-51-39)18-7-20-48-4/h8-17,24,33,35,37,40H,6-7,18-23,25-29H2,1-5H3,(H,42,45)/t33-,35+,37+,40-/m0/s1. The topological polar surface area (TPSA) is 116 Å². The first kappa shape index (κ1) is 40.7. The highest BCUT2D eigenvalue weighted by atomic mass is 32.2. The molecule has 0 unspecified atom stereocenters. The number of amides is 1. The fourth-order valence-electron chi connectivity index (χ4n) is 7.32. The second kappa shape index (κ2) is 19.7. The minimum atomic E-state index is -3.93. The molecule has 0 aromatic heterocycles. The van der Waals surface area contributed by atoms with Gasteiger partial charge in [-0.15, -0.1) is 0 Å². The Morgan fingerprint density at radius 1 is 0.962 bits per heavy atom. The van der Waals surface area contributed by atoms with Crippen molar-refractivity contribution >= 4 is 21.6 Å². The van der Waals surface area contributed by atoms with Crippen molar-refractivity contribution in [2.45, 2.75) is 75.7 Å². The highest BCUT2D eigenvalue weighted by Crippen LogP contribution is 2.40. The van der Waals surface area contributed by atoms with Crippen LogP contribution in [0.25, 0.3) is 0 Å². The van der Waals surface area contributed by atoms with Gasteiger partial charge < -0.3 is 33.9 Å². The van der Waals surface area contributed by atoms with Crippen LogP contribution in [0.5, 0.6) is 5.75 Å². The van der Waals surface area contributed by atoms with Gasteiger partial charge in [0, 0.05) is 58.8 Å². The minimum Gasteiger partial charge on any atom is -0.490 e. The quantitative estimate of drug-likeness (QED) is 0.154. The number of hydrogen-bond acceptors (Lipinski definition) is 9. The van der Waals surface area contributed by atoms with Gasteiger partial charge in [-0.05, 0) is 73.6 Å². The molecule has 11 nitrogen and oxygen atoms in total. The number of nitrogens with one attached hydrogen (secondary N) is 1. The van der Waals surface area contributed by atoms with Crippen LogP contribution in [0.15, 0.2) is 71.6 Å². The number of hydrogen-bond donors (Lipinski definition) is 1. The molecule has 0 bridgehead atoms. The lowest BCUT2D eigenvalue weighted by Gasteiger charge is -2.44. The third-order valence-corrected chi connectivity index (χ3v) is 12.3. The second-order valence-electron chi connectivity index (χ2n) is 14.0. The monoisotopic (exact) mass is 751 g/mol. The molecule has 0 saturated carbocycles. The minimum absolute atomic E-state index is 0.0828. The molecule has 2 aliphatic heterocycles. The van der Waals surface area contributed by atoms with Crippen LogP contribution in [0.3, 0.4) is 0 Å². The van der Waals surface area contributed by atoms with E-state index in [1.165, 1.54) is 0 Å². The van der Waals surface area contributed by atoms with E-state index in [4.69, 9.17) is 23.7 Å². The number of carbonyl (C=O) groups is 1. The fraction of sp³-hybridized carbons (Fsp3) is 0.537. The van der Waals surface area contributed by atoms with Crippen molar-refractivity contribution in [3.63, 3.8) is 0 Å². The zero-order chi connectivity index (χ0) is 37.8. The first-order valence-corrected chi connectivity index (χ1v) is 20.2. The van der Waals surface area contributed by atoms with Gasteiger partial charge >= 0.3 is 0 Å². The zero-order valence-electron chi connectivity index (χ0n) is 31.9. The Labute approximate surface area is 315 Å². The summed E-state index contributed by atoms with van der Waals surface area (Å²) >= 11 is 0. The average molecular weight is 752 g/mol. The molecule has 1 N–H and O–H groups in total. The summed E-state index contributed by atoms with van der Waals surface area (Å²) in [5.41, 5.74) is 5.08. The van der Waals surface area contributed by atoms with Gasteiger partial charge in [-0.3, -0.25) is 4.79 Å². The van der Waals surface area contributed by atoms with Gasteiger partial charge in [-0.2, -0.15) is 4.31 Å². The summed E-state index contributed by atoms with van der Waals surface area (Å²) < 4.78 is 59.5. The van der Waals surface area contributed by atoms with Crippen molar-refractivity contribution in [3.8, 4) is 5.75 Å². The molecule has 3 aromatic rings. The Morgan fingerprint density at radius 2 is 1.70 bits per heavy atom. The van der Waals surface area contributed by atoms with E-state index in [-0.39, 0.29) is 29.2 Å². The molecular formula is C41H57N3O8S. The van der Waals surface area contributed by atoms with Crippen LogP contribution >= 0.6 is 0 Å². The van der Waals surface area contributed by atoms with Crippen molar-refractivity contribution in [1.29, 1.82) is 0 Å². The van der Waals surface area contributed by atoms with E-state index >= 15 is 0 Å². The third kappa shape index (κ3) is 10.6. The normalized spacial score (nSPS) is 19.7. The molecule has 290 valence electrons. The molecular weight excluding hydrogens is 695 g/mol. The molecule has 0 spiro atoms. The molecule has 1 amide bonds. The zero-order valence-corrected chi connectivity index (χ0v) is 32.7. The van der Waals surface area contributed by atoms with E-state index in [2.05, 4.69) is 40.5 Å². The smallest absolute Gasteiger partial charge is 0.243 e. The molecule has 4 atom stereocenters. The lowest BCUT2D eigenvalue weighted by Crippen LogP contribution is -2.53. The van der Waals surface area contributed by atoms with E-state index < -0.39 is 22.2 Å². The maximum absolute atomic E-state index is 14.5. The van der Waals surface area contributed by atoms with Crippen molar-refractivity contribution in [2.75, 3.05) is 72.2 Å². The highest BCUT2D eigenvalue weighted by molar-refractivity contribution is 7.89. The summed E-state index contributed by atoms with van der Waals surface area (Å²) in [7, 11) is 1.07. The summed E-state index contributed by atoms with van der Waals surface area (Å²) in [5, 5.41) is 2.79. The Balaban J connectivity index is 1.46. The number of benzene rings is 3. The molecule has 0 radical (unpaired) electrons. The van der Waals surface area contributed by atoms with Crippen molar-refractivity contribution in [2.24, 2.45) is 5.92 Å². The number of aryl methyl sites for hydroxylation is 1. The predicted molar refractivity (Wildman–Crippen MR) is 206 cm³/mol. The van der Waals surface area contributed by atoms with E-state index in [0.29, 0.717) is 58.9 Å². The van der Waals surface area contributed by atoms with E-state index in [9.17, 15) is 13.2 Å². The number of piperidine rings is 1. The highest BCUT2D eigenvalue weighted by Gasteiger charge is 2.44. The largest absolute Gasteiger partial charge is 0.490 e. The van der Waals surface area contributed by atoms with Crippen LogP contribution in [-0.2, 0) is 47.0 Å². The number of carbonyl (C=O) groups excluding carboxylic acids is 1. The molecule has 3 aromatic carbocycles. The van der Waals surface area contributed by atoms with Crippen LogP contribution in [0, 0.1) is 12.8 Å². The first-order valence-electron chi connectivity index (χ1n) is 18.7. The number of anilines is 1. The number of rotatable bonds is 19. The maximum Gasteiger partial charge on any atom is 0.243 e. The Morgan fingerprint density at radius 3 is 2.40 bits per heavy atom. The van der Waals surface area contributed by atoms with Crippen LogP contribution in [-0.4, -0.2) is 98.1 Å². The predicted octanol–water partition coefficient (Wildman–Crippen LogP) is 5.69. The fourth-order valence-corrected chi connectivity index (χ4v) is 8.98. The van der Waals surface area contributed by atoms with Crippen LogP contribution < -0.4 is 15.0 Å². The Bertz CT molecular complexity index is 1700. The summed E-state index contributed by atoms with van der Waals surface area (Å²) in [4.78, 5) is 15.5. The Kier molecular flexibility index (Phi) is 15.1. The van der Waals surface area contributed by atoms with E-state index in [0.717, 1.165) is 53.2 Å². The second-order valence-corrected chi connectivity index (χ2v) is 15.8. The summed E-state index contributed by atoms with van der Waals surface area (Å²) in [6.45, 7) is 8.82. The summed E-state index contributed by atoms with van der Waals surface area (Å²) in [6, 6.07) is 21.0. The van der Waals surface area contributed by atoms with Crippen molar-refractivity contribution in [3.05, 3.63) is 89.0 Å². The number of methoxy groups -OCH3 is 2. The molecule has 2 heterocycles. The number of nitrogens with zero attached hydrogens (tertiary/aromatic N) is 2. The third-order valence-electron chi connectivity index (χ3n) is 10.4. The molecule has 0 aliphatic carbocycles. The van der Waals surface area contributed by atoms with Crippen LogP contribution in [0.4, 0.5) is 5.69 Å². The Hall–Kier alpha value is -3.52. The number of ether oxygens (including phenoxy) is 5. The van der Waals surface area contributed by atoms with Gasteiger partial charge in [0.2, 0.25) is 15.9 Å². The first-order chi connectivity index (χ1) is 25.7. The maximum atomic E-state index is 14.5.